The average Bonchev–Trinajstić information content (AvgIpc) is 3.01. The van der Waals surface area contributed by atoms with Crippen molar-refractivity contribution in [1.82, 2.24) is 0 Å². The summed E-state index contributed by atoms with van der Waals surface area (Å²) in [4.78, 5) is -0.712. The molecule has 3 nitrogen and oxygen atoms in total. The average molecular weight is 412 g/mol. The largest absolute Gasteiger partial charge is 0.457 e. The highest BCUT2D eigenvalue weighted by atomic mass is 32.2. The van der Waals surface area contributed by atoms with Crippen LogP contribution in [0.5, 0.6) is 0 Å². The smallest absolute Gasteiger partial charge is 0.416 e. The van der Waals surface area contributed by atoms with E-state index in [9.17, 15) is 39.2 Å². The van der Waals surface area contributed by atoms with E-state index in [1.165, 1.54) is 0 Å². The number of benzene rings is 2. The molecule has 0 amide bonds. The Morgan fingerprint density at radius 1 is 0.889 bits per heavy atom. The monoisotopic (exact) mass is 412 g/mol. The van der Waals surface area contributed by atoms with Gasteiger partial charge in [-0.15, -0.1) is 0 Å². The van der Waals surface area contributed by atoms with Crippen LogP contribution in [0, 0.1) is 23.3 Å². The minimum atomic E-state index is -4.79. The summed E-state index contributed by atoms with van der Waals surface area (Å²) in [6.45, 7) is 0. The second kappa shape index (κ2) is 6.25. The maximum Gasteiger partial charge on any atom is 0.416 e. The number of fused-ring (bicyclic) bond motifs is 1. The molecule has 1 heterocycles. The number of sulfone groups is 1. The van der Waals surface area contributed by atoms with Gasteiger partial charge >= 0.3 is 6.18 Å². The van der Waals surface area contributed by atoms with Gasteiger partial charge < -0.3 is 4.42 Å². The van der Waals surface area contributed by atoms with Crippen LogP contribution in [-0.2, 0) is 21.8 Å². The lowest BCUT2D eigenvalue weighted by molar-refractivity contribution is -0.137. The summed E-state index contributed by atoms with van der Waals surface area (Å²) in [6, 6.07) is 3.46. The molecule has 0 radical (unpaired) electrons. The van der Waals surface area contributed by atoms with E-state index in [4.69, 9.17) is 4.42 Å². The maximum absolute atomic E-state index is 13.7. The van der Waals surface area contributed by atoms with E-state index in [-0.39, 0.29) is 0 Å². The fourth-order valence-electron chi connectivity index (χ4n) is 2.39. The summed E-state index contributed by atoms with van der Waals surface area (Å²) in [5, 5.41) is -0.833. The third-order valence-electron chi connectivity index (χ3n) is 3.65. The third kappa shape index (κ3) is 3.38. The summed E-state index contributed by atoms with van der Waals surface area (Å²) < 4.78 is 121. The number of hydrogen-bond donors (Lipinski definition) is 0. The first-order valence-corrected chi connectivity index (χ1v) is 8.71. The number of alkyl halides is 3. The van der Waals surface area contributed by atoms with Crippen LogP contribution in [0.2, 0.25) is 0 Å². The van der Waals surface area contributed by atoms with Gasteiger partial charge in [-0.05, 0) is 24.3 Å². The van der Waals surface area contributed by atoms with E-state index in [2.05, 4.69) is 0 Å². The molecule has 3 rings (SSSR count). The lowest BCUT2D eigenvalue weighted by Gasteiger charge is -2.08. The van der Waals surface area contributed by atoms with Crippen molar-refractivity contribution in [1.29, 1.82) is 0 Å². The maximum atomic E-state index is 13.7. The highest BCUT2D eigenvalue weighted by Gasteiger charge is 2.32. The van der Waals surface area contributed by atoms with Crippen molar-refractivity contribution in [3.05, 3.63) is 64.9 Å². The Morgan fingerprint density at radius 2 is 1.52 bits per heavy atom. The van der Waals surface area contributed by atoms with Crippen LogP contribution in [0.15, 0.2) is 39.6 Å². The summed E-state index contributed by atoms with van der Waals surface area (Å²) in [7, 11) is -4.42. The standard InChI is InChI=1S/C16H7F7O3S/c17-11-10-5-8(26-15(10)14(20)13(19)12(11)18)6-27(24,25)9-3-1-2-7(4-9)16(21,22)23/h1-5H,6H2. The SMILES string of the molecule is O=S(=O)(Cc1cc2c(F)c(F)c(F)c(F)c2o1)c1cccc(C(F)(F)F)c1. The van der Waals surface area contributed by atoms with Crippen LogP contribution in [0.3, 0.4) is 0 Å². The van der Waals surface area contributed by atoms with Gasteiger partial charge in [0.2, 0.25) is 11.6 Å². The minimum absolute atomic E-state index is 0.387. The molecule has 3 aromatic rings. The fourth-order valence-corrected chi connectivity index (χ4v) is 3.66. The van der Waals surface area contributed by atoms with E-state index >= 15 is 0 Å². The Hall–Kier alpha value is -2.56. The summed E-state index contributed by atoms with van der Waals surface area (Å²) in [6.07, 6.45) is -4.79. The Bertz CT molecular complexity index is 1100. The number of rotatable bonds is 3. The summed E-state index contributed by atoms with van der Waals surface area (Å²) >= 11 is 0. The Labute approximate surface area is 146 Å². The predicted molar refractivity (Wildman–Crippen MR) is 78.4 cm³/mol. The molecule has 2 aromatic carbocycles. The van der Waals surface area contributed by atoms with E-state index in [1.807, 2.05) is 0 Å². The highest BCUT2D eigenvalue weighted by Crippen LogP contribution is 2.33. The van der Waals surface area contributed by atoms with Gasteiger partial charge in [-0.1, -0.05) is 6.07 Å². The van der Waals surface area contributed by atoms with Crippen molar-refractivity contribution in [2.45, 2.75) is 16.8 Å². The molecule has 0 saturated heterocycles. The number of furan rings is 1. The molecular formula is C16H7F7O3S. The van der Waals surface area contributed by atoms with Crippen molar-refractivity contribution in [2.75, 3.05) is 0 Å². The molecule has 11 heteroatoms. The fraction of sp³-hybridized carbons (Fsp3) is 0.125. The molecule has 144 valence electrons. The van der Waals surface area contributed by atoms with Crippen LogP contribution >= 0.6 is 0 Å². The molecule has 0 saturated carbocycles. The highest BCUT2D eigenvalue weighted by molar-refractivity contribution is 7.90. The zero-order valence-electron chi connectivity index (χ0n) is 12.9. The second-order valence-electron chi connectivity index (χ2n) is 5.50. The van der Waals surface area contributed by atoms with Gasteiger partial charge in [-0.25, -0.2) is 21.6 Å². The van der Waals surface area contributed by atoms with E-state index in [1.54, 1.807) is 0 Å². The predicted octanol–water partition coefficient (Wildman–Crippen LogP) is 4.98. The minimum Gasteiger partial charge on any atom is -0.457 e. The summed E-state index contributed by atoms with van der Waals surface area (Å²) in [5.74, 6) is -9.56. The van der Waals surface area contributed by atoms with Gasteiger partial charge in [-0.3, -0.25) is 0 Å². The molecule has 0 aliphatic carbocycles. The normalized spacial score (nSPS) is 12.7. The first-order chi connectivity index (χ1) is 12.4. The molecule has 0 atom stereocenters. The van der Waals surface area contributed by atoms with Gasteiger partial charge in [0.05, 0.1) is 15.8 Å². The quantitative estimate of drug-likeness (QED) is 0.346. The number of hydrogen-bond acceptors (Lipinski definition) is 3. The van der Waals surface area contributed by atoms with Crippen molar-refractivity contribution in [3.8, 4) is 0 Å². The van der Waals surface area contributed by atoms with E-state index < -0.39 is 72.2 Å². The van der Waals surface area contributed by atoms with Crippen molar-refractivity contribution in [2.24, 2.45) is 0 Å². The van der Waals surface area contributed by atoms with Crippen LogP contribution in [0.25, 0.3) is 11.0 Å². The topological polar surface area (TPSA) is 47.3 Å². The summed E-state index contributed by atoms with van der Waals surface area (Å²) in [5.41, 5.74) is -2.25. The van der Waals surface area contributed by atoms with Gasteiger partial charge in [0.15, 0.2) is 27.1 Å². The molecule has 27 heavy (non-hydrogen) atoms. The van der Waals surface area contributed by atoms with E-state index in [0.717, 1.165) is 12.1 Å². The lowest BCUT2D eigenvalue weighted by Crippen LogP contribution is -2.09. The first kappa shape index (κ1) is 19.2. The molecule has 0 aliphatic rings. The zero-order chi connectivity index (χ0) is 20.1. The van der Waals surface area contributed by atoms with Gasteiger partial charge in [0, 0.05) is 0 Å². The molecular weight excluding hydrogens is 405 g/mol. The van der Waals surface area contributed by atoms with Gasteiger partial charge in [0.25, 0.3) is 0 Å². The molecule has 0 unspecified atom stereocenters. The van der Waals surface area contributed by atoms with Crippen LogP contribution in [0.1, 0.15) is 11.3 Å². The zero-order valence-corrected chi connectivity index (χ0v) is 13.7. The first-order valence-electron chi connectivity index (χ1n) is 7.06. The molecule has 1 aromatic heterocycles. The van der Waals surface area contributed by atoms with Crippen LogP contribution in [-0.4, -0.2) is 8.42 Å². The van der Waals surface area contributed by atoms with Crippen molar-refractivity contribution in [3.63, 3.8) is 0 Å². The Kier molecular flexibility index (Phi) is 4.45. The third-order valence-corrected chi connectivity index (χ3v) is 5.29. The lowest BCUT2D eigenvalue weighted by atomic mass is 10.2. The molecule has 0 bridgehead atoms. The van der Waals surface area contributed by atoms with Crippen molar-refractivity contribution >= 4 is 20.8 Å². The molecule has 0 fully saturated rings. The Morgan fingerprint density at radius 3 is 2.15 bits per heavy atom. The number of halogens is 7. The van der Waals surface area contributed by atoms with Crippen LogP contribution in [0.4, 0.5) is 30.7 Å². The van der Waals surface area contributed by atoms with Gasteiger partial charge in [-0.2, -0.15) is 17.6 Å². The van der Waals surface area contributed by atoms with Crippen molar-refractivity contribution < 1.29 is 43.6 Å². The molecule has 0 aliphatic heterocycles. The second-order valence-corrected chi connectivity index (χ2v) is 7.49. The molecule has 0 N–H and O–H groups in total. The Balaban J connectivity index is 2.05. The molecule has 0 spiro atoms. The van der Waals surface area contributed by atoms with E-state index in [0.29, 0.717) is 18.2 Å². The van der Waals surface area contributed by atoms with Gasteiger partial charge in [0.1, 0.15) is 11.5 Å². The van der Waals surface area contributed by atoms with Crippen LogP contribution < -0.4 is 0 Å².